The Balaban J connectivity index is 1.41. The lowest BCUT2D eigenvalue weighted by Crippen LogP contribution is -2.34. The van der Waals surface area contributed by atoms with E-state index in [2.05, 4.69) is 42.5 Å². The number of ether oxygens (including phenoxy) is 1. The summed E-state index contributed by atoms with van der Waals surface area (Å²) in [6.45, 7) is 0. The van der Waals surface area contributed by atoms with E-state index in [0.29, 0.717) is 0 Å². The van der Waals surface area contributed by atoms with Crippen LogP contribution in [-0.2, 0) is 6.42 Å². The predicted molar refractivity (Wildman–Crippen MR) is 99.7 cm³/mol. The molecule has 126 valence electrons. The van der Waals surface area contributed by atoms with Crippen LogP contribution in [0.15, 0.2) is 42.5 Å². The second-order valence-electron chi connectivity index (χ2n) is 9.25. The summed E-state index contributed by atoms with van der Waals surface area (Å²) in [6.07, 6.45) is 9.43. The zero-order valence-corrected chi connectivity index (χ0v) is 14.7. The average Bonchev–Trinajstić information content (AvgIpc) is 3.42. The normalized spacial score (nSPS) is 44.4. The summed E-state index contributed by atoms with van der Waals surface area (Å²) in [5, 5.41) is 2.76. The zero-order chi connectivity index (χ0) is 16.3. The van der Waals surface area contributed by atoms with Crippen LogP contribution in [0.5, 0.6) is 5.75 Å². The molecule has 0 spiro atoms. The van der Waals surface area contributed by atoms with Crippen LogP contribution in [0.1, 0.15) is 29.9 Å². The Kier molecular flexibility index (Phi) is 2.32. The van der Waals surface area contributed by atoms with Gasteiger partial charge < -0.3 is 4.74 Å². The van der Waals surface area contributed by atoms with Crippen LogP contribution in [0.4, 0.5) is 0 Å². The first kappa shape index (κ1) is 13.4. The van der Waals surface area contributed by atoms with Crippen molar-refractivity contribution < 1.29 is 4.74 Å². The van der Waals surface area contributed by atoms with Crippen molar-refractivity contribution in [3.63, 3.8) is 0 Å². The molecular weight excluding hydrogens is 304 g/mol. The molecule has 0 aromatic heterocycles. The molecule has 0 amide bonds. The Hall–Kier alpha value is -1.76. The Morgan fingerprint density at radius 3 is 2.56 bits per heavy atom. The third-order valence-corrected chi connectivity index (χ3v) is 8.76. The topological polar surface area (TPSA) is 9.23 Å². The number of benzene rings is 2. The summed E-state index contributed by atoms with van der Waals surface area (Å²) in [5.41, 5.74) is 3.31. The third kappa shape index (κ3) is 1.42. The molecule has 3 saturated carbocycles. The number of fused-ring (bicyclic) bond motifs is 16. The van der Waals surface area contributed by atoms with Crippen molar-refractivity contribution in [3.8, 4) is 5.75 Å². The molecule has 1 nitrogen and oxygen atoms in total. The molecular formula is C24H24O. The first-order valence-corrected chi connectivity index (χ1v) is 10.1. The number of allylic oxidation sites excluding steroid dienone is 2. The first-order chi connectivity index (χ1) is 12.3. The fourth-order valence-electron chi connectivity index (χ4n) is 8.28. The molecule has 0 heterocycles. The molecule has 5 aliphatic rings. The standard InChI is InChI=1S/C24H24O/c1-25-20-4-2-3-12-7-8-15-16(21(12)20)10-18-17-11-19(24(15)18)23-14-6-5-13(9-14)22(17)23/h2-8,13-14,17-19,22-24H,9-11H2,1H3. The van der Waals surface area contributed by atoms with E-state index in [9.17, 15) is 0 Å². The summed E-state index contributed by atoms with van der Waals surface area (Å²) < 4.78 is 5.75. The van der Waals surface area contributed by atoms with Gasteiger partial charge in [-0.05, 0) is 89.2 Å². The minimum atomic E-state index is 0.836. The maximum absolute atomic E-state index is 5.75. The molecule has 0 saturated heterocycles. The van der Waals surface area contributed by atoms with Gasteiger partial charge in [-0.25, -0.2) is 0 Å². The van der Waals surface area contributed by atoms with Crippen LogP contribution in [0.3, 0.4) is 0 Å². The molecule has 8 atom stereocenters. The number of hydrogen-bond donors (Lipinski definition) is 0. The highest BCUT2D eigenvalue weighted by Crippen LogP contribution is 2.73. The highest BCUT2D eigenvalue weighted by Gasteiger charge is 2.66. The monoisotopic (exact) mass is 328 g/mol. The summed E-state index contributed by atoms with van der Waals surface area (Å²) in [6, 6.07) is 11.3. The molecule has 8 unspecified atom stereocenters. The molecule has 1 heteroatoms. The molecule has 7 rings (SSSR count). The van der Waals surface area contributed by atoms with Gasteiger partial charge >= 0.3 is 0 Å². The highest BCUT2D eigenvalue weighted by molar-refractivity contribution is 5.93. The van der Waals surface area contributed by atoms with E-state index < -0.39 is 0 Å². The van der Waals surface area contributed by atoms with Crippen LogP contribution in [-0.4, -0.2) is 7.11 Å². The van der Waals surface area contributed by atoms with Gasteiger partial charge in [-0.15, -0.1) is 0 Å². The van der Waals surface area contributed by atoms with Crippen molar-refractivity contribution in [1.82, 2.24) is 0 Å². The smallest absolute Gasteiger partial charge is 0.126 e. The zero-order valence-electron chi connectivity index (χ0n) is 14.7. The van der Waals surface area contributed by atoms with Crippen LogP contribution in [0, 0.1) is 41.4 Å². The SMILES string of the molecule is COc1cccc2ccc3c(c12)CC1C2CC(C31)C1C3C=CC(C3)C21. The van der Waals surface area contributed by atoms with Crippen molar-refractivity contribution in [1.29, 1.82) is 0 Å². The average molecular weight is 328 g/mol. The molecule has 3 fully saturated rings. The second kappa shape index (κ2) is 4.31. The van der Waals surface area contributed by atoms with Gasteiger partial charge in [0.1, 0.15) is 5.75 Å². The molecule has 2 aromatic carbocycles. The van der Waals surface area contributed by atoms with E-state index in [1.165, 1.54) is 30.0 Å². The van der Waals surface area contributed by atoms with E-state index >= 15 is 0 Å². The summed E-state index contributed by atoms with van der Waals surface area (Å²) in [4.78, 5) is 0. The van der Waals surface area contributed by atoms with Crippen LogP contribution < -0.4 is 4.74 Å². The lowest BCUT2D eigenvalue weighted by Gasteiger charge is -2.39. The molecule has 25 heavy (non-hydrogen) atoms. The van der Waals surface area contributed by atoms with E-state index in [1.807, 2.05) is 7.11 Å². The van der Waals surface area contributed by atoms with Crippen molar-refractivity contribution in [2.75, 3.05) is 7.11 Å². The van der Waals surface area contributed by atoms with Gasteiger partial charge in [0.2, 0.25) is 0 Å². The number of rotatable bonds is 1. The first-order valence-electron chi connectivity index (χ1n) is 10.1. The quantitative estimate of drug-likeness (QED) is 0.517. The van der Waals surface area contributed by atoms with Gasteiger partial charge in [0, 0.05) is 5.39 Å². The number of methoxy groups -OCH3 is 1. The minimum absolute atomic E-state index is 0.836. The van der Waals surface area contributed by atoms with Gasteiger partial charge in [0.15, 0.2) is 0 Å². The van der Waals surface area contributed by atoms with Gasteiger partial charge in [-0.3, -0.25) is 0 Å². The Morgan fingerprint density at radius 1 is 0.880 bits per heavy atom. The van der Waals surface area contributed by atoms with Gasteiger partial charge in [-0.2, -0.15) is 0 Å². The number of hydrogen-bond acceptors (Lipinski definition) is 1. The van der Waals surface area contributed by atoms with Crippen LogP contribution >= 0.6 is 0 Å². The molecule has 5 aliphatic carbocycles. The van der Waals surface area contributed by atoms with E-state index in [0.717, 1.165) is 53.1 Å². The molecule has 4 bridgehead atoms. The van der Waals surface area contributed by atoms with E-state index in [1.54, 1.807) is 11.1 Å². The largest absolute Gasteiger partial charge is 0.496 e. The second-order valence-corrected chi connectivity index (χ2v) is 9.25. The fraction of sp³-hybridized carbons (Fsp3) is 0.500. The van der Waals surface area contributed by atoms with Crippen molar-refractivity contribution in [3.05, 3.63) is 53.6 Å². The van der Waals surface area contributed by atoms with Crippen molar-refractivity contribution in [2.45, 2.75) is 25.2 Å². The Morgan fingerprint density at radius 2 is 1.72 bits per heavy atom. The summed E-state index contributed by atoms with van der Waals surface area (Å²) >= 11 is 0. The van der Waals surface area contributed by atoms with Crippen LogP contribution in [0.2, 0.25) is 0 Å². The molecule has 0 aliphatic heterocycles. The van der Waals surface area contributed by atoms with Gasteiger partial charge in [0.25, 0.3) is 0 Å². The summed E-state index contributed by atoms with van der Waals surface area (Å²) in [5.74, 6) is 8.59. The summed E-state index contributed by atoms with van der Waals surface area (Å²) in [7, 11) is 1.82. The maximum atomic E-state index is 5.75. The Labute approximate surface area is 149 Å². The molecule has 0 radical (unpaired) electrons. The lowest BCUT2D eigenvalue weighted by atomic mass is 9.65. The fourth-order valence-corrected chi connectivity index (χ4v) is 8.28. The molecule has 2 aromatic rings. The lowest BCUT2D eigenvalue weighted by molar-refractivity contribution is 0.136. The van der Waals surface area contributed by atoms with Crippen molar-refractivity contribution in [2.24, 2.45) is 41.4 Å². The van der Waals surface area contributed by atoms with Crippen molar-refractivity contribution >= 4 is 10.8 Å². The maximum Gasteiger partial charge on any atom is 0.126 e. The minimum Gasteiger partial charge on any atom is -0.496 e. The van der Waals surface area contributed by atoms with Gasteiger partial charge in [-0.1, -0.05) is 36.4 Å². The van der Waals surface area contributed by atoms with E-state index in [4.69, 9.17) is 4.74 Å². The third-order valence-electron chi connectivity index (χ3n) is 8.76. The van der Waals surface area contributed by atoms with E-state index in [-0.39, 0.29) is 0 Å². The molecule has 0 N–H and O–H groups in total. The predicted octanol–water partition coefficient (Wildman–Crippen LogP) is 5.19. The van der Waals surface area contributed by atoms with Gasteiger partial charge in [0.05, 0.1) is 7.11 Å². The Bertz CT molecular complexity index is 941. The highest BCUT2D eigenvalue weighted by atomic mass is 16.5. The van der Waals surface area contributed by atoms with Crippen LogP contribution in [0.25, 0.3) is 10.8 Å².